The highest BCUT2D eigenvalue weighted by atomic mass is 35.5. The molecule has 20 heavy (non-hydrogen) atoms. The normalized spacial score (nSPS) is 10.4. The van der Waals surface area contributed by atoms with Crippen molar-refractivity contribution in [2.45, 2.75) is 6.54 Å². The first-order valence-electron chi connectivity index (χ1n) is 6.20. The van der Waals surface area contributed by atoms with Crippen molar-refractivity contribution in [3.63, 3.8) is 0 Å². The first-order valence-corrected chi connectivity index (χ1v) is 6.98. The molecule has 1 aromatic heterocycles. The molecule has 0 aliphatic heterocycles. The molecule has 0 aliphatic rings. The summed E-state index contributed by atoms with van der Waals surface area (Å²) in [5.74, 6) is 0. The zero-order valence-corrected chi connectivity index (χ0v) is 12.2. The van der Waals surface area contributed by atoms with Crippen molar-refractivity contribution >= 4 is 45.6 Å². The van der Waals surface area contributed by atoms with Gasteiger partial charge in [0.05, 0.1) is 10.7 Å². The number of rotatable bonds is 3. The quantitative estimate of drug-likeness (QED) is 0.487. The van der Waals surface area contributed by atoms with Gasteiger partial charge in [0.1, 0.15) is 10.8 Å². The summed E-state index contributed by atoms with van der Waals surface area (Å²) in [7, 11) is 0. The van der Waals surface area contributed by atoms with Crippen LogP contribution >= 0.6 is 23.8 Å². The molecule has 3 aromatic rings. The third-order valence-corrected chi connectivity index (χ3v) is 3.70. The monoisotopic (exact) mass is 298 g/mol. The van der Waals surface area contributed by atoms with E-state index in [2.05, 4.69) is 22.3 Å². The van der Waals surface area contributed by atoms with E-state index in [0.29, 0.717) is 17.4 Å². The Morgan fingerprint density at radius 1 is 1.05 bits per heavy atom. The summed E-state index contributed by atoms with van der Waals surface area (Å²) in [4.78, 5) is 4.11. The van der Waals surface area contributed by atoms with E-state index in [1.165, 1.54) is 5.56 Å². The molecule has 0 amide bonds. The van der Waals surface area contributed by atoms with Crippen molar-refractivity contribution in [2.24, 2.45) is 4.99 Å². The molecule has 0 spiro atoms. The molecule has 2 nitrogen and oxygen atoms in total. The van der Waals surface area contributed by atoms with Crippen molar-refractivity contribution < 1.29 is 0 Å². The predicted molar refractivity (Wildman–Crippen MR) is 87.2 cm³/mol. The zero-order valence-electron chi connectivity index (χ0n) is 10.6. The lowest BCUT2D eigenvalue weighted by atomic mass is 10.2. The lowest BCUT2D eigenvalue weighted by molar-refractivity contribution is 0.838. The fourth-order valence-corrected chi connectivity index (χ4v) is 2.71. The number of isothiocyanates is 1. The minimum absolute atomic E-state index is 0.590. The Kier molecular flexibility index (Phi) is 3.66. The first-order chi connectivity index (χ1) is 9.81. The molecule has 0 saturated carbocycles. The molecule has 0 atom stereocenters. The van der Waals surface area contributed by atoms with Crippen LogP contribution in [0.15, 0.2) is 59.6 Å². The topological polar surface area (TPSA) is 17.3 Å². The first kappa shape index (κ1) is 13.1. The second-order valence-electron chi connectivity index (χ2n) is 4.43. The average Bonchev–Trinajstić information content (AvgIpc) is 2.75. The molecule has 0 aliphatic carbocycles. The van der Waals surface area contributed by atoms with Crippen LogP contribution < -0.4 is 0 Å². The molecule has 2 aromatic carbocycles. The summed E-state index contributed by atoms with van der Waals surface area (Å²) in [6.07, 6.45) is 0. The smallest absolute Gasteiger partial charge is 0.137 e. The number of hydrogen-bond acceptors (Lipinski definition) is 2. The number of thiocarbonyl (C=S) groups is 1. The molecule has 98 valence electrons. The van der Waals surface area contributed by atoms with Gasteiger partial charge in [-0.15, -0.1) is 0 Å². The van der Waals surface area contributed by atoms with Gasteiger partial charge in [-0.05, 0) is 23.8 Å². The number of aliphatic imine (C=N–C) groups is 1. The fraction of sp³-hybridized carbons (Fsp3) is 0.0625. The Hall–Kier alpha value is -1.93. The molecule has 0 unspecified atom stereocenters. The van der Waals surface area contributed by atoms with Crippen LogP contribution in [0.2, 0.25) is 5.15 Å². The Morgan fingerprint density at radius 2 is 1.75 bits per heavy atom. The number of nitrogens with zero attached hydrogens (tertiary/aromatic N) is 2. The highest BCUT2D eigenvalue weighted by molar-refractivity contribution is 7.78. The Balaban J connectivity index is 2.20. The minimum atomic E-state index is 0.590. The highest BCUT2D eigenvalue weighted by Gasteiger charge is 2.14. The van der Waals surface area contributed by atoms with Crippen LogP contribution in [-0.4, -0.2) is 9.73 Å². The summed E-state index contributed by atoms with van der Waals surface area (Å²) < 4.78 is 2.04. The molecular formula is C16H11ClN2S. The third-order valence-electron chi connectivity index (χ3n) is 3.22. The van der Waals surface area contributed by atoms with Crippen molar-refractivity contribution in [3.8, 4) is 0 Å². The number of fused-ring (bicyclic) bond motifs is 1. The standard InChI is InChI=1S/C16H11ClN2S/c17-16-15(18-11-20)13-8-4-5-9-14(13)19(16)10-12-6-2-1-3-7-12/h1-9H,10H2. The van der Waals surface area contributed by atoms with Crippen LogP contribution in [0, 0.1) is 0 Å². The predicted octanol–water partition coefficient (Wildman–Crippen LogP) is 5.08. The summed E-state index contributed by atoms with van der Waals surface area (Å²) in [6, 6.07) is 18.2. The van der Waals surface area contributed by atoms with Crippen LogP contribution in [0.5, 0.6) is 0 Å². The van der Waals surface area contributed by atoms with Crippen molar-refractivity contribution in [1.29, 1.82) is 0 Å². The van der Waals surface area contributed by atoms with Crippen molar-refractivity contribution in [1.82, 2.24) is 4.57 Å². The van der Waals surface area contributed by atoms with Gasteiger partial charge in [0.25, 0.3) is 0 Å². The summed E-state index contributed by atoms with van der Waals surface area (Å²) >= 11 is 11.2. The van der Waals surface area contributed by atoms with Crippen LogP contribution in [-0.2, 0) is 6.54 Å². The summed E-state index contributed by atoms with van der Waals surface area (Å²) in [5.41, 5.74) is 2.92. The maximum Gasteiger partial charge on any atom is 0.137 e. The molecule has 0 bridgehead atoms. The van der Waals surface area contributed by atoms with Gasteiger partial charge in [0.15, 0.2) is 0 Å². The SMILES string of the molecule is S=C=Nc1c(Cl)n(Cc2ccccc2)c2ccccc12. The number of aromatic nitrogens is 1. The van der Waals surface area contributed by atoms with E-state index in [1.54, 1.807) is 0 Å². The van der Waals surface area contributed by atoms with Crippen molar-refractivity contribution in [3.05, 3.63) is 65.3 Å². The largest absolute Gasteiger partial charge is 0.325 e. The van der Waals surface area contributed by atoms with E-state index in [1.807, 2.05) is 47.0 Å². The van der Waals surface area contributed by atoms with E-state index in [0.717, 1.165) is 10.9 Å². The molecule has 4 heteroatoms. The molecule has 1 heterocycles. The minimum Gasteiger partial charge on any atom is -0.325 e. The summed E-state index contributed by atoms with van der Waals surface area (Å²) in [6.45, 7) is 0.702. The molecule has 3 rings (SSSR count). The zero-order chi connectivity index (χ0) is 13.9. The second-order valence-corrected chi connectivity index (χ2v) is 4.97. The highest BCUT2D eigenvalue weighted by Crippen LogP contribution is 2.37. The van der Waals surface area contributed by atoms with Crippen LogP contribution in [0.3, 0.4) is 0 Å². The Morgan fingerprint density at radius 3 is 2.50 bits per heavy atom. The maximum atomic E-state index is 6.46. The average molecular weight is 299 g/mol. The van der Waals surface area contributed by atoms with E-state index in [9.17, 15) is 0 Å². The fourth-order valence-electron chi connectivity index (χ4n) is 2.33. The lowest BCUT2D eigenvalue weighted by Gasteiger charge is -2.07. The van der Waals surface area contributed by atoms with Gasteiger partial charge >= 0.3 is 0 Å². The van der Waals surface area contributed by atoms with Gasteiger partial charge in [-0.2, -0.15) is 4.99 Å². The molecular weight excluding hydrogens is 288 g/mol. The number of halogens is 1. The van der Waals surface area contributed by atoms with E-state index in [-0.39, 0.29) is 0 Å². The van der Waals surface area contributed by atoms with Gasteiger partial charge in [0.2, 0.25) is 0 Å². The van der Waals surface area contributed by atoms with E-state index >= 15 is 0 Å². The molecule has 0 saturated heterocycles. The van der Waals surface area contributed by atoms with Gasteiger partial charge in [-0.25, -0.2) is 0 Å². The van der Waals surface area contributed by atoms with Gasteiger partial charge in [0, 0.05) is 11.9 Å². The molecule has 0 radical (unpaired) electrons. The third kappa shape index (κ3) is 2.27. The van der Waals surface area contributed by atoms with Gasteiger partial charge in [-0.1, -0.05) is 60.1 Å². The van der Waals surface area contributed by atoms with Crippen LogP contribution in [0.4, 0.5) is 5.69 Å². The second kappa shape index (κ2) is 5.59. The van der Waals surface area contributed by atoms with Gasteiger partial charge < -0.3 is 4.57 Å². The number of hydrogen-bond donors (Lipinski definition) is 0. The van der Waals surface area contributed by atoms with Crippen LogP contribution in [0.25, 0.3) is 10.9 Å². The van der Waals surface area contributed by atoms with Crippen LogP contribution in [0.1, 0.15) is 5.56 Å². The number of benzene rings is 2. The Bertz CT molecular complexity index is 802. The summed E-state index contributed by atoms with van der Waals surface area (Å²) in [5, 5.41) is 3.99. The van der Waals surface area contributed by atoms with Gasteiger partial charge in [-0.3, -0.25) is 0 Å². The maximum absolute atomic E-state index is 6.46. The van der Waals surface area contributed by atoms with Crippen molar-refractivity contribution in [2.75, 3.05) is 0 Å². The van der Waals surface area contributed by atoms with E-state index < -0.39 is 0 Å². The molecule has 0 N–H and O–H groups in total. The Labute approximate surface area is 127 Å². The lowest BCUT2D eigenvalue weighted by Crippen LogP contribution is -1.98. The number of para-hydroxylation sites is 1. The molecule has 0 fully saturated rings. The van der Waals surface area contributed by atoms with E-state index in [4.69, 9.17) is 23.8 Å².